The Bertz CT molecular complexity index is 1040. The molecule has 0 aliphatic heterocycles. The van der Waals surface area contributed by atoms with Crippen molar-refractivity contribution in [3.05, 3.63) is 82.0 Å². The number of anilines is 1. The first-order valence-corrected chi connectivity index (χ1v) is 8.74. The lowest BCUT2D eigenvalue weighted by atomic mass is 10.1. The van der Waals surface area contributed by atoms with E-state index in [9.17, 15) is 10.1 Å². The van der Waals surface area contributed by atoms with Gasteiger partial charge in [-0.3, -0.25) is 4.79 Å². The first-order valence-electron chi connectivity index (χ1n) is 8.36. The number of amides is 1. The van der Waals surface area contributed by atoms with E-state index < -0.39 is 5.91 Å². The molecule has 0 spiro atoms. The Morgan fingerprint density at radius 2 is 2.07 bits per heavy atom. The molecule has 0 saturated carbocycles. The summed E-state index contributed by atoms with van der Waals surface area (Å²) in [6.07, 6.45) is 3.23. The van der Waals surface area contributed by atoms with Crippen molar-refractivity contribution in [1.82, 2.24) is 4.57 Å². The molecular formula is C21H18ClN3O2. The van der Waals surface area contributed by atoms with Gasteiger partial charge in [0.1, 0.15) is 17.4 Å². The normalized spacial score (nSPS) is 11.3. The fourth-order valence-electron chi connectivity index (χ4n) is 2.83. The molecule has 1 N–H and O–H groups in total. The van der Waals surface area contributed by atoms with Crippen molar-refractivity contribution in [2.24, 2.45) is 0 Å². The van der Waals surface area contributed by atoms with Crippen LogP contribution in [-0.4, -0.2) is 10.5 Å². The summed E-state index contributed by atoms with van der Waals surface area (Å²) in [5, 5.41) is 12.5. The van der Waals surface area contributed by atoms with Crippen LogP contribution in [0.3, 0.4) is 0 Å². The van der Waals surface area contributed by atoms with Crippen LogP contribution < -0.4 is 5.32 Å². The first kappa shape index (κ1) is 18.6. The number of carbonyl (C=O) groups is 1. The Hall–Kier alpha value is -3.23. The maximum absolute atomic E-state index is 12.5. The third-order valence-corrected chi connectivity index (χ3v) is 4.62. The number of aromatic nitrogens is 1. The SMILES string of the molecule is Cc1cc(/C=C(\C#N)C(=O)Nc2ccccc2Cl)c(C)n1Cc1ccco1. The Kier molecular flexibility index (Phi) is 5.49. The average Bonchev–Trinajstić information content (AvgIpc) is 3.25. The van der Waals surface area contributed by atoms with Gasteiger partial charge in [-0.15, -0.1) is 0 Å². The summed E-state index contributed by atoms with van der Waals surface area (Å²) in [5.74, 6) is 0.339. The summed E-state index contributed by atoms with van der Waals surface area (Å²) in [5.41, 5.74) is 3.24. The number of para-hydroxylation sites is 1. The van der Waals surface area contributed by atoms with E-state index >= 15 is 0 Å². The molecule has 3 aromatic rings. The van der Waals surface area contributed by atoms with E-state index in [2.05, 4.69) is 9.88 Å². The average molecular weight is 380 g/mol. The van der Waals surface area contributed by atoms with Gasteiger partial charge in [-0.1, -0.05) is 23.7 Å². The number of benzene rings is 1. The minimum Gasteiger partial charge on any atom is -0.467 e. The minimum absolute atomic E-state index is 0.00756. The molecule has 0 bridgehead atoms. The zero-order valence-corrected chi connectivity index (χ0v) is 15.7. The predicted octanol–water partition coefficient (Wildman–Crippen LogP) is 4.95. The number of halogens is 1. The number of nitrogens with zero attached hydrogens (tertiary/aromatic N) is 2. The number of aryl methyl sites for hydroxylation is 1. The van der Waals surface area contributed by atoms with Crippen molar-refractivity contribution in [2.75, 3.05) is 5.32 Å². The van der Waals surface area contributed by atoms with Crippen LogP contribution in [0.25, 0.3) is 6.08 Å². The van der Waals surface area contributed by atoms with Crippen LogP contribution in [0.5, 0.6) is 0 Å². The van der Waals surface area contributed by atoms with Gasteiger partial charge in [-0.2, -0.15) is 5.26 Å². The number of nitrogens with one attached hydrogen (secondary N) is 1. The van der Waals surface area contributed by atoms with E-state index in [1.54, 1.807) is 36.6 Å². The molecule has 2 heterocycles. The fraction of sp³-hybridized carbons (Fsp3) is 0.143. The van der Waals surface area contributed by atoms with Crippen molar-refractivity contribution in [3.63, 3.8) is 0 Å². The summed E-state index contributed by atoms with van der Waals surface area (Å²) < 4.78 is 7.48. The number of nitriles is 1. The monoisotopic (exact) mass is 379 g/mol. The summed E-state index contributed by atoms with van der Waals surface area (Å²) in [6, 6.07) is 14.6. The Morgan fingerprint density at radius 3 is 2.74 bits per heavy atom. The maximum atomic E-state index is 12.5. The maximum Gasteiger partial charge on any atom is 0.266 e. The highest BCUT2D eigenvalue weighted by Gasteiger charge is 2.14. The second-order valence-electron chi connectivity index (χ2n) is 6.10. The zero-order chi connectivity index (χ0) is 19.4. The van der Waals surface area contributed by atoms with Gasteiger partial charge in [-0.25, -0.2) is 0 Å². The largest absolute Gasteiger partial charge is 0.467 e. The topological polar surface area (TPSA) is 71.0 Å². The van der Waals surface area contributed by atoms with E-state index in [1.165, 1.54) is 0 Å². The van der Waals surface area contributed by atoms with Gasteiger partial charge >= 0.3 is 0 Å². The summed E-state index contributed by atoms with van der Waals surface area (Å²) in [6.45, 7) is 4.51. The van der Waals surface area contributed by atoms with E-state index in [-0.39, 0.29) is 5.57 Å². The second kappa shape index (κ2) is 7.98. The molecule has 0 aliphatic rings. The highest BCUT2D eigenvalue weighted by molar-refractivity contribution is 6.34. The molecule has 0 saturated heterocycles. The van der Waals surface area contributed by atoms with Gasteiger partial charge in [-0.05, 0) is 55.8 Å². The van der Waals surface area contributed by atoms with E-state index in [0.717, 1.165) is 22.7 Å². The van der Waals surface area contributed by atoms with Gasteiger partial charge in [0.15, 0.2) is 0 Å². The van der Waals surface area contributed by atoms with E-state index in [0.29, 0.717) is 17.3 Å². The molecule has 3 rings (SSSR count). The standard InChI is InChI=1S/C21H18ClN3O2/c1-14-10-16(15(2)25(14)13-18-6-5-9-27-18)11-17(12-23)21(26)24-20-8-4-3-7-19(20)22/h3-11H,13H2,1-2H3,(H,24,26)/b17-11+. The summed E-state index contributed by atoms with van der Waals surface area (Å²) in [7, 11) is 0. The summed E-state index contributed by atoms with van der Waals surface area (Å²) in [4.78, 5) is 12.5. The van der Waals surface area contributed by atoms with Crippen molar-refractivity contribution in [3.8, 4) is 6.07 Å². The molecule has 2 aromatic heterocycles. The van der Waals surface area contributed by atoms with Crippen molar-refractivity contribution in [2.45, 2.75) is 20.4 Å². The minimum atomic E-state index is -0.499. The molecule has 0 atom stereocenters. The molecule has 0 unspecified atom stereocenters. The molecule has 1 aromatic carbocycles. The van der Waals surface area contributed by atoms with Crippen LogP contribution in [0.1, 0.15) is 22.7 Å². The van der Waals surface area contributed by atoms with Gasteiger partial charge < -0.3 is 14.3 Å². The van der Waals surface area contributed by atoms with Crippen LogP contribution in [0.4, 0.5) is 5.69 Å². The lowest BCUT2D eigenvalue weighted by Gasteiger charge is -2.08. The first-order chi connectivity index (χ1) is 13.0. The number of hydrogen-bond acceptors (Lipinski definition) is 3. The van der Waals surface area contributed by atoms with Crippen molar-refractivity contribution in [1.29, 1.82) is 5.26 Å². The van der Waals surface area contributed by atoms with E-state index in [1.807, 2.05) is 38.1 Å². The van der Waals surface area contributed by atoms with Gasteiger partial charge in [0.25, 0.3) is 5.91 Å². The molecule has 5 nitrogen and oxygen atoms in total. The van der Waals surface area contributed by atoms with Crippen molar-refractivity contribution < 1.29 is 9.21 Å². The number of carbonyl (C=O) groups excluding carboxylic acids is 1. The van der Waals surface area contributed by atoms with Crippen LogP contribution in [0.2, 0.25) is 5.02 Å². The summed E-state index contributed by atoms with van der Waals surface area (Å²) >= 11 is 6.06. The Morgan fingerprint density at radius 1 is 1.30 bits per heavy atom. The van der Waals surface area contributed by atoms with Crippen LogP contribution in [0.15, 0.2) is 58.7 Å². The molecule has 0 radical (unpaired) electrons. The van der Waals surface area contributed by atoms with Crippen molar-refractivity contribution >= 4 is 29.3 Å². The van der Waals surface area contributed by atoms with Gasteiger partial charge in [0.2, 0.25) is 0 Å². The smallest absolute Gasteiger partial charge is 0.266 e. The van der Waals surface area contributed by atoms with Gasteiger partial charge in [0, 0.05) is 11.4 Å². The third kappa shape index (κ3) is 4.13. The fourth-order valence-corrected chi connectivity index (χ4v) is 3.01. The van der Waals surface area contributed by atoms with E-state index in [4.69, 9.17) is 16.0 Å². The van der Waals surface area contributed by atoms with Crippen LogP contribution in [-0.2, 0) is 11.3 Å². The third-order valence-electron chi connectivity index (χ3n) is 4.29. The molecular weight excluding hydrogens is 362 g/mol. The Balaban J connectivity index is 1.86. The molecule has 0 aliphatic carbocycles. The highest BCUT2D eigenvalue weighted by atomic mass is 35.5. The Labute approximate surface area is 162 Å². The lowest BCUT2D eigenvalue weighted by Crippen LogP contribution is -2.13. The number of furan rings is 1. The quantitative estimate of drug-likeness (QED) is 0.503. The second-order valence-corrected chi connectivity index (χ2v) is 6.50. The lowest BCUT2D eigenvalue weighted by molar-refractivity contribution is -0.112. The number of hydrogen-bond donors (Lipinski definition) is 1. The molecule has 27 heavy (non-hydrogen) atoms. The molecule has 1 amide bonds. The number of rotatable bonds is 5. The van der Waals surface area contributed by atoms with Crippen LogP contribution in [0, 0.1) is 25.2 Å². The molecule has 0 fully saturated rings. The molecule has 136 valence electrons. The van der Waals surface area contributed by atoms with Crippen LogP contribution >= 0.6 is 11.6 Å². The zero-order valence-electron chi connectivity index (χ0n) is 15.0. The molecule has 6 heteroatoms. The predicted molar refractivity (Wildman–Crippen MR) is 105 cm³/mol. The van der Waals surface area contributed by atoms with Gasteiger partial charge in [0.05, 0.1) is 23.5 Å². The highest BCUT2D eigenvalue weighted by Crippen LogP contribution is 2.23.